The van der Waals surface area contributed by atoms with Crippen molar-refractivity contribution in [3.05, 3.63) is 71.7 Å². The normalized spacial score (nSPS) is 13.1. The zero-order chi connectivity index (χ0) is 26.3. The summed E-state index contributed by atoms with van der Waals surface area (Å²) in [5.41, 5.74) is 8.31. The van der Waals surface area contributed by atoms with Gasteiger partial charge in [-0.05, 0) is 76.1 Å². The number of aliphatic imine (C=N–C) groups is 1. The van der Waals surface area contributed by atoms with Gasteiger partial charge in [-0.15, -0.1) is 0 Å². The van der Waals surface area contributed by atoms with Crippen LogP contribution in [0, 0.1) is 6.92 Å². The van der Waals surface area contributed by atoms with Gasteiger partial charge in [0.1, 0.15) is 23.9 Å². The van der Waals surface area contributed by atoms with Gasteiger partial charge in [0.2, 0.25) is 5.91 Å². The van der Waals surface area contributed by atoms with Crippen molar-refractivity contribution in [2.24, 2.45) is 10.7 Å². The van der Waals surface area contributed by atoms with Crippen molar-refractivity contribution in [3.63, 3.8) is 0 Å². The van der Waals surface area contributed by atoms with Crippen molar-refractivity contribution < 1.29 is 19.4 Å². The minimum atomic E-state index is -0.567. The summed E-state index contributed by atoms with van der Waals surface area (Å²) in [6, 6.07) is 12.9. The SMILES string of the molecule is Cc1cc(CC(=O)N/C(C=NC(C)(C)C)=C/N)ccc1Oc1ccnc2ccc(OCC(C)O)cc12. The summed E-state index contributed by atoms with van der Waals surface area (Å²) in [6.07, 6.45) is 4.20. The number of carbonyl (C=O) groups excluding carboxylic acids is 1. The van der Waals surface area contributed by atoms with E-state index in [9.17, 15) is 9.90 Å². The van der Waals surface area contributed by atoms with E-state index in [1.54, 1.807) is 25.4 Å². The number of carbonyl (C=O) groups is 1. The van der Waals surface area contributed by atoms with Crippen LogP contribution in [0.2, 0.25) is 0 Å². The maximum Gasteiger partial charge on any atom is 0.228 e. The van der Waals surface area contributed by atoms with E-state index in [2.05, 4.69) is 15.3 Å². The highest BCUT2D eigenvalue weighted by atomic mass is 16.5. The standard InChI is InChI=1S/C28H34N4O4/c1-18-12-20(13-27(34)32-21(15-29)16-31-28(3,4)5)6-9-25(18)36-26-10-11-30-24-8-7-22(14-23(24)26)35-17-19(2)33/h6-12,14-16,19,33H,13,17,29H2,1-5H3,(H,32,34)/b21-15+,31-16?. The molecule has 0 radical (unpaired) electrons. The molecule has 1 aromatic heterocycles. The fraction of sp³-hybridized carbons (Fsp3) is 0.321. The lowest BCUT2D eigenvalue weighted by molar-refractivity contribution is -0.119. The van der Waals surface area contributed by atoms with Gasteiger partial charge in [0, 0.05) is 24.0 Å². The molecule has 0 saturated heterocycles. The highest BCUT2D eigenvalue weighted by Crippen LogP contribution is 2.33. The number of pyridine rings is 1. The molecular weight excluding hydrogens is 456 g/mol. The van der Waals surface area contributed by atoms with Gasteiger partial charge in [0.25, 0.3) is 0 Å². The Morgan fingerprint density at radius 2 is 1.97 bits per heavy atom. The van der Waals surface area contributed by atoms with Crippen LogP contribution in [0.3, 0.4) is 0 Å². The second-order valence-corrected chi connectivity index (χ2v) is 9.63. The molecule has 8 nitrogen and oxygen atoms in total. The molecular formula is C28H34N4O4. The molecule has 4 N–H and O–H groups in total. The molecule has 0 saturated carbocycles. The second-order valence-electron chi connectivity index (χ2n) is 9.63. The first-order valence-electron chi connectivity index (χ1n) is 11.8. The molecule has 190 valence electrons. The zero-order valence-electron chi connectivity index (χ0n) is 21.4. The van der Waals surface area contributed by atoms with Gasteiger partial charge in [-0.3, -0.25) is 14.8 Å². The smallest absolute Gasteiger partial charge is 0.228 e. The van der Waals surface area contributed by atoms with Crippen molar-refractivity contribution in [2.75, 3.05) is 6.61 Å². The van der Waals surface area contributed by atoms with E-state index in [4.69, 9.17) is 15.2 Å². The highest BCUT2D eigenvalue weighted by Gasteiger charge is 2.12. The number of nitrogens with zero attached hydrogens (tertiary/aromatic N) is 2. The first-order chi connectivity index (χ1) is 17.0. The quantitative estimate of drug-likeness (QED) is 0.382. The van der Waals surface area contributed by atoms with Crippen LogP contribution in [0.4, 0.5) is 0 Å². The molecule has 0 aliphatic rings. The third-order valence-electron chi connectivity index (χ3n) is 5.04. The Morgan fingerprint density at radius 3 is 2.64 bits per heavy atom. The number of fused-ring (bicyclic) bond motifs is 1. The summed E-state index contributed by atoms with van der Waals surface area (Å²) < 4.78 is 11.9. The molecule has 1 heterocycles. The van der Waals surface area contributed by atoms with Crippen molar-refractivity contribution in [3.8, 4) is 17.2 Å². The minimum Gasteiger partial charge on any atom is -0.491 e. The summed E-state index contributed by atoms with van der Waals surface area (Å²) in [7, 11) is 0. The van der Waals surface area contributed by atoms with Crippen LogP contribution in [0.15, 0.2) is 65.6 Å². The van der Waals surface area contributed by atoms with Gasteiger partial charge in [-0.2, -0.15) is 0 Å². The molecule has 0 spiro atoms. The van der Waals surface area contributed by atoms with Crippen LogP contribution in [-0.2, 0) is 11.2 Å². The average Bonchev–Trinajstić information content (AvgIpc) is 2.81. The van der Waals surface area contributed by atoms with E-state index in [0.29, 0.717) is 22.9 Å². The number of rotatable bonds is 9. The van der Waals surface area contributed by atoms with Crippen LogP contribution in [-0.4, -0.2) is 40.5 Å². The summed E-state index contributed by atoms with van der Waals surface area (Å²) >= 11 is 0. The molecule has 36 heavy (non-hydrogen) atoms. The molecule has 1 amide bonds. The molecule has 3 rings (SSSR count). The molecule has 8 heteroatoms. The number of aryl methyl sites for hydroxylation is 1. The van der Waals surface area contributed by atoms with Gasteiger partial charge in [0.15, 0.2) is 0 Å². The average molecular weight is 491 g/mol. The molecule has 0 fully saturated rings. The second kappa shape index (κ2) is 11.7. The topological polar surface area (TPSA) is 119 Å². The summed E-state index contributed by atoms with van der Waals surface area (Å²) in [6.45, 7) is 9.68. The van der Waals surface area contributed by atoms with E-state index >= 15 is 0 Å². The third-order valence-corrected chi connectivity index (χ3v) is 5.04. The first-order valence-corrected chi connectivity index (χ1v) is 11.8. The Morgan fingerprint density at radius 1 is 1.19 bits per heavy atom. The third kappa shape index (κ3) is 7.81. The first kappa shape index (κ1) is 26.7. The van der Waals surface area contributed by atoms with Crippen LogP contribution in [0.25, 0.3) is 10.9 Å². The largest absolute Gasteiger partial charge is 0.491 e. The maximum absolute atomic E-state index is 12.5. The van der Waals surface area contributed by atoms with E-state index in [0.717, 1.165) is 22.0 Å². The zero-order valence-corrected chi connectivity index (χ0v) is 21.4. The van der Waals surface area contributed by atoms with Gasteiger partial charge in [-0.1, -0.05) is 12.1 Å². The molecule has 1 unspecified atom stereocenters. The van der Waals surface area contributed by atoms with E-state index in [1.165, 1.54) is 6.20 Å². The minimum absolute atomic E-state index is 0.185. The Labute approximate surface area is 211 Å². The van der Waals surface area contributed by atoms with Crippen LogP contribution in [0.1, 0.15) is 38.8 Å². The number of aromatic nitrogens is 1. The number of benzene rings is 2. The number of hydrogen-bond donors (Lipinski definition) is 3. The number of ether oxygens (including phenoxy) is 2. The van der Waals surface area contributed by atoms with Crippen LogP contribution < -0.4 is 20.5 Å². The van der Waals surface area contributed by atoms with Gasteiger partial charge < -0.3 is 25.6 Å². The molecule has 2 aromatic carbocycles. The molecule has 0 aliphatic heterocycles. The van der Waals surface area contributed by atoms with Gasteiger partial charge >= 0.3 is 0 Å². The number of nitrogens with one attached hydrogen (secondary N) is 1. The molecule has 3 aromatic rings. The summed E-state index contributed by atoms with van der Waals surface area (Å²) in [5.74, 6) is 1.73. The molecule has 0 bridgehead atoms. The number of hydrogen-bond acceptors (Lipinski definition) is 7. The number of allylic oxidation sites excluding steroid dienone is 1. The van der Waals surface area contributed by atoms with Gasteiger partial charge in [-0.25, -0.2) is 0 Å². The lowest BCUT2D eigenvalue weighted by Gasteiger charge is -2.14. The predicted molar refractivity (Wildman–Crippen MR) is 143 cm³/mol. The van der Waals surface area contributed by atoms with Crippen molar-refractivity contribution in [1.82, 2.24) is 10.3 Å². The Hall–Kier alpha value is -3.91. The van der Waals surface area contributed by atoms with Crippen LogP contribution >= 0.6 is 0 Å². The number of aliphatic hydroxyl groups is 1. The van der Waals surface area contributed by atoms with Gasteiger partial charge in [0.05, 0.1) is 29.3 Å². The lowest BCUT2D eigenvalue weighted by Crippen LogP contribution is -2.26. The van der Waals surface area contributed by atoms with E-state index < -0.39 is 6.10 Å². The number of aliphatic hydroxyl groups excluding tert-OH is 1. The molecule has 0 aliphatic carbocycles. The van der Waals surface area contributed by atoms with E-state index in [-0.39, 0.29) is 24.5 Å². The number of amides is 1. The highest BCUT2D eigenvalue weighted by molar-refractivity contribution is 5.89. The summed E-state index contributed by atoms with van der Waals surface area (Å²) in [4.78, 5) is 21.3. The van der Waals surface area contributed by atoms with Crippen molar-refractivity contribution in [2.45, 2.75) is 52.7 Å². The predicted octanol–water partition coefficient (Wildman–Crippen LogP) is 4.42. The Kier molecular flexibility index (Phi) is 8.66. The van der Waals surface area contributed by atoms with E-state index in [1.807, 2.05) is 64.1 Å². The Balaban J connectivity index is 1.72. The summed E-state index contributed by atoms with van der Waals surface area (Å²) in [5, 5.41) is 13.1. The van der Waals surface area contributed by atoms with Crippen molar-refractivity contribution in [1.29, 1.82) is 0 Å². The lowest BCUT2D eigenvalue weighted by atomic mass is 10.1. The maximum atomic E-state index is 12.5. The monoisotopic (exact) mass is 490 g/mol. The number of nitrogens with two attached hydrogens (primary N) is 1. The fourth-order valence-electron chi connectivity index (χ4n) is 3.32. The van der Waals surface area contributed by atoms with Crippen LogP contribution in [0.5, 0.6) is 17.2 Å². The fourth-order valence-corrected chi connectivity index (χ4v) is 3.32. The Bertz CT molecular complexity index is 1280. The molecule has 1 atom stereocenters. The van der Waals surface area contributed by atoms with Crippen molar-refractivity contribution >= 4 is 23.0 Å².